The number of rotatable bonds is 1. The smallest absolute Gasteiger partial charge is 0.388 e. The second-order valence-electron chi connectivity index (χ2n) is 2.95. The van der Waals surface area contributed by atoms with Gasteiger partial charge in [0.15, 0.2) is 0 Å². The summed E-state index contributed by atoms with van der Waals surface area (Å²) < 4.78 is 40.2. The Kier molecular flexibility index (Phi) is 2.30. The Labute approximate surface area is 86.7 Å². The Hall–Kier alpha value is -2.05. The topological polar surface area (TPSA) is 55.1 Å². The van der Waals surface area contributed by atoms with Crippen LogP contribution in [0.5, 0.6) is 0 Å². The van der Waals surface area contributed by atoms with Crippen LogP contribution in [0.4, 0.5) is 19.2 Å². The quantitative estimate of drug-likeness (QED) is 0.762. The fraction of sp³-hybridized carbons (Fsp3) is 0.111. The van der Waals surface area contributed by atoms with Gasteiger partial charge >= 0.3 is 17.9 Å². The molecule has 1 aromatic carbocycles. The summed E-state index contributed by atoms with van der Waals surface area (Å²) in [5.74, 6) is 0. The van der Waals surface area contributed by atoms with Crippen LogP contribution in [-0.4, -0.2) is 11.3 Å². The van der Waals surface area contributed by atoms with Crippen molar-refractivity contribution >= 4 is 16.9 Å². The predicted octanol–water partition coefficient (Wildman–Crippen LogP) is 2.12. The Morgan fingerprint density at radius 3 is 2.62 bits per heavy atom. The molecule has 1 heterocycles. The second-order valence-corrected chi connectivity index (χ2v) is 2.95. The molecule has 0 aliphatic rings. The van der Waals surface area contributed by atoms with Crippen LogP contribution in [0.1, 0.15) is 0 Å². The molecule has 4 nitrogen and oxygen atoms in total. The maximum absolute atomic E-state index is 12.0. The number of nitrogens with zero attached hydrogens (tertiary/aromatic N) is 1. The monoisotopic (exact) mass is 230 g/mol. The van der Waals surface area contributed by atoms with Crippen LogP contribution in [0.25, 0.3) is 10.9 Å². The Bertz CT molecular complexity index is 577. The van der Waals surface area contributed by atoms with Gasteiger partial charge in [0.1, 0.15) is 0 Å². The van der Waals surface area contributed by atoms with Gasteiger partial charge in [-0.05, 0) is 12.1 Å². The largest absolute Gasteiger partial charge is 0.485 e. The number of anilines is 1. The van der Waals surface area contributed by atoms with Gasteiger partial charge in [-0.2, -0.15) is 18.2 Å². The molecular formula is C9H5F3N2O2. The number of hydrogen-bond acceptors (Lipinski definition) is 4. The number of nitrogens with one attached hydrogen (secondary N) is 1. The molecule has 0 radical (unpaired) electrons. The summed E-state index contributed by atoms with van der Waals surface area (Å²) in [4.78, 5) is 14.8. The summed E-state index contributed by atoms with van der Waals surface area (Å²) in [5.41, 5.74) is -0.720. The number of fused-ring (bicyclic) bond motifs is 1. The van der Waals surface area contributed by atoms with Crippen molar-refractivity contribution in [2.45, 2.75) is 6.30 Å². The minimum Gasteiger partial charge on any atom is -0.388 e. The van der Waals surface area contributed by atoms with Crippen molar-refractivity contribution in [3.05, 3.63) is 34.7 Å². The first-order valence-corrected chi connectivity index (χ1v) is 4.20. The molecule has 0 aliphatic heterocycles. The van der Waals surface area contributed by atoms with Gasteiger partial charge in [0.2, 0.25) is 0 Å². The first-order chi connectivity index (χ1) is 7.46. The van der Waals surface area contributed by atoms with Crippen molar-refractivity contribution in [3.8, 4) is 0 Å². The number of halogens is 3. The summed E-state index contributed by atoms with van der Waals surface area (Å²) in [5, 5.41) is 1.17. The summed E-state index contributed by atoms with van der Waals surface area (Å²) in [6.07, 6.45) is -4.69. The van der Waals surface area contributed by atoms with E-state index < -0.39 is 17.9 Å². The highest BCUT2D eigenvalue weighted by Gasteiger charge is 2.29. The fourth-order valence-corrected chi connectivity index (χ4v) is 1.19. The maximum Gasteiger partial charge on any atom is 0.485 e. The molecule has 0 bridgehead atoms. The van der Waals surface area contributed by atoms with E-state index in [9.17, 15) is 18.0 Å². The van der Waals surface area contributed by atoms with Crippen LogP contribution in [0.15, 0.2) is 33.5 Å². The Morgan fingerprint density at radius 2 is 1.94 bits per heavy atom. The van der Waals surface area contributed by atoms with Crippen LogP contribution in [0.2, 0.25) is 0 Å². The lowest BCUT2D eigenvalue weighted by atomic mass is 10.2. The minimum atomic E-state index is -4.69. The van der Waals surface area contributed by atoms with E-state index >= 15 is 0 Å². The molecule has 2 rings (SSSR count). The average Bonchev–Trinajstić information content (AvgIpc) is 2.15. The number of hydrogen-bond donors (Lipinski definition) is 1. The molecule has 0 aliphatic carbocycles. The van der Waals surface area contributed by atoms with E-state index in [1.54, 1.807) is 12.1 Å². The van der Waals surface area contributed by atoms with E-state index in [1.165, 1.54) is 12.1 Å². The molecule has 0 saturated carbocycles. The highest BCUT2D eigenvalue weighted by molar-refractivity contribution is 5.77. The minimum absolute atomic E-state index is 0.134. The van der Waals surface area contributed by atoms with Crippen LogP contribution in [-0.2, 0) is 0 Å². The van der Waals surface area contributed by atoms with E-state index in [0.29, 0.717) is 0 Å². The number of para-hydroxylation sites is 1. The van der Waals surface area contributed by atoms with Crippen molar-refractivity contribution in [2.24, 2.45) is 0 Å². The second kappa shape index (κ2) is 3.51. The molecule has 0 amide bonds. The molecule has 1 N–H and O–H groups in total. The van der Waals surface area contributed by atoms with Crippen molar-refractivity contribution in [1.82, 2.24) is 4.98 Å². The standard InChI is InChI=1S/C9H5F3N2O2/c10-9(11,12)14-8-13-6-4-2-1-3-5(6)7(15)16-8/h1-4H,(H,13,14). The van der Waals surface area contributed by atoms with Gasteiger partial charge in [-0.1, -0.05) is 12.1 Å². The third kappa shape index (κ3) is 2.13. The number of alkyl halides is 3. The molecule has 0 atom stereocenters. The number of aromatic nitrogens is 1. The van der Waals surface area contributed by atoms with Crippen LogP contribution in [0.3, 0.4) is 0 Å². The third-order valence-corrected chi connectivity index (χ3v) is 1.78. The molecule has 0 fully saturated rings. The average molecular weight is 230 g/mol. The lowest BCUT2D eigenvalue weighted by Gasteiger charge is -2.07. The van der Waals surface area contributed by atoms with Crippen LogP contribution in [0, 0.1) is 0 Å². The third-order valence-electron chi connectivity index (χ3n) is 1.78. The predicted molar refractivity (Wildman–Crippen MR) is 50.0 cm³/mol. The normalized spacial score (nSPS) is 11.7. The zero-order valence-corrected chi connectivity index (χ0v) is 7.71. The molecule has 2 aromatic rings. The summed E-state index contributed by atoms with van der Waals surface area (Å²) in [6.45, 7) is 0. The molecule has 16 heavy (non-hydrogen) atoms. The van der Waals surface area contributed by atoms with Gasteiger partial charge in [-0.15, -0.1) is 0 Å². The van der Waals surface area contributed by atoms with Gasteiger partial charge in [0.25, 0.3) is 0 Å². The zero-order valence-electron chi connectivity index (χ0n) is 7.71. The van der Waals surface area contributed by atoms with Gasteiger partial charge in [-0.3, -0.25) is 5.32 Å². The summed E-state index contributed by atoms with van der Waals surface area (Å²) >= 11 is 0. The van der Waals surface area contributed by atoms with Crippen molar-refractivity contribution in [2.75, 3.05) is 5.32 Å². The van der Waals surface area contributed by atoms with Gasteiger partial charge in [0, 0.05) is 0 Å². The van der Waals surface area contributed by atoms with Crippen LogP contribution < -0.4 is 10.9 Å². The molecule has 1 aromatic heterocycles. The lowest BCUT2D eigenvalue weighted by Crippen LogP contribution is -2.22. The van der Waals surface area contributed by atoms with Crippen LogP contribution >= 0.6 is 0 Å². The molecular weight excluding hydrogens is 225 g/mol. The zero-order chi connectivity index (χ0) is 11.8. The van der Waals surface area contributed by atoms with Gasteiger partial charge < -0.3 is 4.42 Å². The Morgan fingerprint density at radius 1 is 1.25 bits per heavy atom. The SMILES string of the molecule is O=c1oc(NC(F)(F)F)nc2ccccc12. The molecule has 0 saturated heterocycles. The molecule has 0 unspecified atom stereocenters. The molecule has 0 spiro atoms. The van der Waals surface area contributed by atoms with Crippen molar-refractivity contribution in [3.63, 3.8) is 0 Å². The fourth-order valence-electron chi connectivity index (χ4n) is 1.19. The van der Waals surface area contributed by atoms with E-state index in [4.69, 9.17) is 0 Å². The highest BCUT2D eigenvalue weighted by Crippen LogP contribution is 2.18. The summed E-state index contributed by atoms with van der Waals surface area (Å²) in [6, 6.07) is 5.11. The van der Waals surface area contributed by atoms with Crippen molar-refractivity contribution < 1.29 is 17.6 Å². The Balaban J connectivity index is 2.54. The van der Waals surface area contributed by atoms with E-state index in [1.807, 2.05) is 0 Å². The van der Waals surface area contributed by atoms with E-state index in [2.05, 4.69) is 9.40 Å². The highest BCUT2D eigenvalue weighted by atomic mass is 19.4. The van der Waals surface area contributed by atoms with E-state index in [0.717, 1.165) is 5.32 Å². The maximum atomic E-state index is 12.0. The number of benzene rings is 1. The molecule has 7 heteroatoms. The first kappa shape index (κ1) is 10.5. The summed E-state index contributed by atoms with van der Waals surface area (Å²) in [7, 11) is 0. The van der Waals surface area contributed by atoms with Crippen molar-refractivity contribution in [1.29, 1.82) is 0 Å². The van der Waals surface area contributed by atoms with Gasteiger partial charge in [-0.25, -0.2) is 4.79 Å². The lowest BCUT2D eigenvalue weighted by molar-refractivity contribution is -0.102. The van der Waals surface area contributed by atoms with Gasteiger partial charge in [0.05, 0.1) is 10.9 Å². The molecule has 84 valence electrons. The van der Waals surface area contributed by atoms with E-state index in [-0.39, 0.29) is 10.9 Å². The first-order valence-electron chi connectivity index (χ1n) is 4.20.